The van der Waals surface area contributed by atoms with Gasteiger partial charge in [0, 0.05) is 39.7 Å². The van der Waals surface area contributed by atoms with Crippen molar-refractivity contribution in [1.82, 2.24) is 4.90 Å². The van der Waals surface area contributed by atoms with E-state index in [4.69, 9.17) is 28.9 Å². The van der Waals surface area contributed by atoms with E-state index in [0.29, 0.717) is 51.0 Å². The van der Waals surface area contributed by atoms with E-state index in [1.54, 1.807) is 39.0 Å². The number of rotatable bonds is 16. The molecule has 0 spiro atoms. The van der Waals surface area contributed by atoms with Gasteiger partial charge < -0.3 is 33.8 Å². The fraction of sp³-hybridized carbons (Fsp3) is 0.609. The van der Waals surface area contributed by atoms with Gasteiger partial charge in [-0.3, -0.25) is 14.4 Å². The molecule has 0 radical (unpaired) electrons. The molecular weight excluding hydrogens is 591 g/mol. The van der Waals surface area contributed by atoms with Gasteiger partial charge in [-0.05, 0) is 51.0 Å². The highest BCUT2D eigenvalue weighted by Gasteiger charge is 2.36. The second kappa shape index (κ2) is 14.8. The van der Waals surface area contributed by atoms with Gasteiger partial charge in [0.1, 0.15) is 24.0 Å². The van der Waals surface area contributed by atoms with Crippen LogP contribution in [-0.2, 0) is 34.5 Å². The van der Waals surface area contributed by atoms with Crippen molar-refractivity contribution in [3.05, 3.63) is 29.3 Å². The minimum Gasteiger partial charge on any atom is -0.491 e. The average molecular weight is 624 g/mol. The predicted octanol–water partition coefficient (Wildman–Crippen LogP) is 3.05. The number of ether oxygens (including phenoxy) is 4. The van der Waals surface area contributed by atoms with E-state index in [9.17, 15) is 14.4 Å². The molecule has 12 heteroatoms. The van der Waals surface area contributed by atoms with Crippen LogP contribution in [-0.4, -0.2) is 74.0 Å². The molecule has 35 heavy (non-hydrogen) atoms. The Balaban J connectivity index is 1.81. The van der Waals surface area contributed by atoms with Crippen molar-refractivity contribution in [3.63, 3.8) is 0 Å². The number of hydrogen-bond donors (Lipinski definition) is 1. The van der Waals surface area contributed by atoms with Crippen LogP contribution >= 0.6 is 30.4 Å². The lowest BCUT2D eigenvalue weighted by Gasteiger charge is -2.25. The lowest BCUT2D eigenvalue weighted by atomic mass is 10.1. The van der Waals surface area contributed by atoms with Crippen molar-refractivity contribution in [3.8, 4) is 5.75 Å². The lowest BCUT2D eigenvalue weighted by Crippen LogP contribution is -2.45. The molecule has 10 nitrogen and oxygen atoms in total. The molecule has 2 N–H and O–H groups in total. The maximum Gasteiger partial charge on any atom is 0.306 e. The largest absolute Gasteiger partial charge is 0.491 e. The third kappa shape index (κ3) is 10.5. The molecule has 196 valence electrons. The Hall–Kier alpha value is -1.61. The maximum absolute atomic E-state index is 12.9. The summed E-state index contributed by atoms with van der Waals surface area (Å²) in [7, 11) is 1.27. The van der Waals surface area contributed by atoms with Crippen molar-refractivity contribution in [1.29, 1.82) is 0 Å². The molecule has 0 saturated heterocycles. The van der Waals surface area contributed by atoms with Crippen LogP contribution in [0, 0.1) is 0 Å². The SMILES string of the molecule is CC(C)(C)OC(=O)CCC(C(N)=O)N1Cc2cc(OCCOCCOCCOSI)ccc2C1=O. The van der Waals surface area contributed by atoms with Crippen molar-refractivity contribution >= 4 is 48.2 Å². The number of benzene rings is 1. The number of esters is 1. The summed E-state index contributed by atoms with van der Waals surface area (Å²) in [4.78, 5) is 38.4. The molecular formula is C23H33IN2O8S. The van der Waals surface area contributed by atoms with Crippen LogP contribution in [0.2, 0.25) is 0 Å². The van der Waals surface area contributed by atoms with E-state index in [1.165, 1.54) is 14.1 Å². The van der Waals surface area contributed by atoms with Crippen LogP contribution in [0.1, 0.15) is 49.5 Å². The number of hydrogen-bond acceptors (Lipinski definition) is 9. The van der Waals surface area contributed by atoms with Gasteiger partial charge in [0.15, 0.2) is 0 Å². The number of amides is 2. The van der Waals surface area contributed by atoms with E-state index in [2.05, 4.69) is 0 Å². The molecule has 0 aliphatic carbocycles. The number of carbonyl (C=O) groups excluding carboxylic acids is 3. The third-order valence-corrected chi connectivity index (χ3v) is 5.90. The maximum atomic E-state index is 12.9. The molecule has 1 heterocycles. The first kappa shape index (κ1) is 29.6. The van der Waals surface area contributed by atoms with E-state index in [0.717, 1.165) is 5.56 Å². The Morgan fingerprint density at radius 2 is 1.77 bits per heavy atom. The van der Waals surface area contributed by atoms with Crippen molar-refractivity contribution in [2.24, 2.45) is 5.73 Å². The van der Waals surface area contributed by atoms with Crippen molar-refractivity contribution in [2.45, 2.75) is 51.8 Å². The number of carbonyl (C=O) groups is 3. The Bertz CT molecular complexity index is 864. The van der Waals surface area contributed by atoms with Gasteiger partial charge in [-0.1, -0.05) is 0 Å². The molecule has 1 aromatic carbocycles. The first-order chi connectivity index (χ1) is 16.6. The van der Waals surface area contributed by atoms with E-state index < -0.39 is 23.5 Å². The molecule has 1 aromatic rings. The molecule has 0 fully saturated rings. The van der Waals surface area contributed by atoms with Gasteiger partial charge in [-0.15, -0.1) is 0 Å². The van der Waals surface area contributed by atoms with Crippen LogP contribution in [0.15, 0.2) is 18.2 Å². The van der Waals surface area contributed by atoms with Crippen LogP contribution in [0.5, 0.6) is 5.75 Å². The topological polar surface area (TPSA) is 127 Å². The molecule has 1 atom stereocenters. The van der Waals surface area contributed by atoms with Crippen LogP contribution in [0.3, 0.4) is 0 Å². The summed E-state index contributed by atoms with van der Waals surface area (Å²) in [6.07, 6.45) is 0.0777. The fourth-order valence-electron chi connectivity index (χ4n) is 3.42. The lowest BCUT2D eigenvalue weighted by molar-refractivity contribution is -0.155. The van der Waals surface area contributed by atoms with Crippen LogP contribution in [0.4, 0.5) is 0 Å². The normalized spacial score (nSPS) is 14.1. The zero-order chi connectivity index (χ0) is 25.8. The van der Waals surface area contributed by atoms with Gasteiger partial charge in [0.05, 0.1) is 42.2 Å². The highest BCUT2D eigenvalue weighted by Crippen LogP contribution is 2.29. The Morgan fingerprint density at radius 3 is 2.40 bits per heavy atom. The first-order valence-corrected chi connectivity index (χ1v) is 14.5. The molecule has 1 unspecified atom stereocenters. The quantitative estimate of drug-likeness (QED) is 0.128. The number of nitrogens with zero attached hydrogens (tertiary/aromatic N) is 1. The van der Waals surface area contributed by atoms with Crippen molar-refractivity contribution in [2.75, 3.05) is 39.6 Å². The second-order valence-corrected chi connectivity index (χ2v) is 10.2. The summed E-state index contributed by atoms with van der Waals surface area (Å²) in [5.41, 5.74) is 6.15. The van der Waals surface area contributed by atoms with Gasteiger partial charge >= 0.3 is 5.97 Å². The van der Waals surface area contributed by atoms with Crippen molar-refractivity contribution < 1.29 is 37.5 Å². The fourth-order valence-corrected chi connectivity index (χ4v) is 4.10. The standard InChI is InChI=1S/C23H33IN2O8S/c1-23(2,3)34-20(27)7-6-19(21(25)28)26-15-16-14-17(4-5-18(16)22(26)29)32-12-10-30-8-9-31-11-13-33-35-24/h4-5,14,19H,6-13,15H2,1-3H3,(H2,25,28). The predicted molar refractivity (Wildman–Crippen MR) is 139 cm³/mol. The van der Waals surface area contributed by atoms with E-state index in [1.807, 2.05) is 21.2 Å². The summed E-state index contributed by atoms with van der Waals surface area (Å²) >= 11 is 2.05. The molecule has 1 aliphatic rings. The van der Waals surface area contributed by atoms with Crippen LogP contribution < -0.4 is 10.5 Å². The summed E-state index contributed by atoms with van der Waals surface area (Å²) < 4.78 is 26.9. The number of primary amides is 1. The van der Waals surface area contributed by atoms with Gasteiger partial charge in [0.2, 0.25) is 5.91 Å². The van der Waals surface area contributed by atoms with E-state index in [-0.39, 0.29) is 25.3 Å². The molecule has 0 bridgehead atoms. The molecule has 0 saturated carbocycles. The third-order valence-electron chi connectivity index (χ3n) is 4.88. The second-order valence-electron chi connectivity index (χ2n) is 8.75. The molecule has 1 aliphatic heterocycles. The Labute approximate surface area is 222 Å². The molecule has 2 amide bonds. The zero-order valence-electron chi connectivity index (χ0n) is 20.3. The highest BCUT2D eigenvalue weighted by molar-refractivity contribution is 14.2. The number of halogens is 1. The minimum absolute atomic E-state index is 0.0182. The summed E-state index contributed by atoms with van der Waals surface area (Å²) in [5.74, 6) is -0.813. The summed E-state index contributed by atoms with van der Waals surface area (Å²) in [6.45, 7) is 8.20. The van der Waals surface area contributed by atoms with E-state index >= 15 is 0 Å². The zero-order valence-corrected chi connectivity index (χ0v) is 23.2. The van der Waals surface area contributed by atoms with Gasteiger partial charge in [0.25, 0.3) is 5.91 Å². The minimum atomic E-state index is -0.908. The monoisotopic (exact) mass is 624 g/mol. The first-order valence-electron chi connectivity index (χ1n) is 11.3. The molecule has 2 rings (SSSR count). The van der Waals surface area contributed by atoms with Gasteiger partial charge in [-0.2, -0.15) is 0 Å². The Kier molecular flexibility index (Phi) is 12.6. The van der Waals surface area contributed by atoms with Crippen LogP contribution in [0.25, 0.3) is 0 Å². The summed E-state index contributed by atoms with van der Waals surface area (Å²) in [6, 6.07) is 4.24. The smallest absolute Gasteiger partial charge is 0.306 e. The van der Waals surface area contributed by atoms with Gasteiger partial charge in [-0.25, -0.2) is 0 Å². The number of nitrogens with two attached hydrogens (primary N) is 1. The molecule has 0 aromatic heterocycles. The summed E-state index contributed by atoms with van der Waals surface area (Å²) in [5, 5.41) is 0. The average Bonchev–Trinajstić information content (AvgIpc) is 3.09. The highest BCUT2D eigenvalue weighted by atomic mass is 127. The Morgan fingerprint density at radius 1 is 1.11 bits per heavy atom. The number of fused-ring (bicyclic) bond motifs is 1.